The fourth-order valence-electron chi connectivity index (χ4n) is 2.70. The Balaban J connectivity index is 1.99. The number of morpholine rings is 1. The summed E-state index contributed by atoms with van der Waals surface area (Å²) in [5.41, 5.74) is 3.18. The molecule has 0 radical (unpaired) electrons. The van der Waals surface area contributed by atoms with Crippen LogP contribution in [0.25, 0.3) is 10.9 Å². The van der Waals surface area contributed by atoms with Crippen molar-refractivity contribution in [2.75, 3.05) is 31.2 Å². The summed E-state index contributed by atoms with van der Waals surface area (Å²) in [6.07, 6.45) is 0.698. The molecule has 0 spiro atoms. The molecule has 1 saturated heterocycles. The minimum Gasteiger partial charge on any atom is -0.378 e. The molecule has 0 bridgehead atoms. The van der Waals surface area contributed by atoms with Crippen molar-refractivity contribution in [1.29, 1.82) is 5.26 Å². The fraction of sp³-hybridized carbons (Fsp3) is 0.412. The molecule has 0 amide bonds. The van der Waals surface area contributed by atoms with Crippen LogP contribution < -0.4 is 4.90 Å². The molecule has 4 heteroatoms. The van der Waals surface area contributed by atoms with Gasteiger partial charge in [-0.05, 0) is 19.1 Å². The van der Waals surface area contributed by atoms with Crippen molar-refractivity contribution in [3.8, 4) is 6.07 Å². The van der Waals surface area contributed by atoms with E-state index >= 15 is 0 Å². The number of hydrogen-bond acceptors (Lipinski definition) is 4. The summed E-state index contributed by atoms with van der Waals surface area (Å²) in [4.78, 5) is 7.13. The molecule has 1 unspecified atom stereocenters. The van der Waals surface area contributed by atoms with Crippen LogP contribution in [0.3, 0.4) is 0 Å². The Kier molecular flexibility index (Phi) is 4.03. The smallest absolute Gasteiger partial charge is 0.0938 e. The van der Waals surface area contributed by atoms with Crippen LogP contribution >= 0.6 is 0 Å². The van der Waals surface area contributed by atoms with E-state index in [2.05, 4.69) is 35.2 Å². The number of rotatable bonds is 3. The van der Waals surface area contributed by atoms with Gasteiger partial charge in [-0.25, -0.2) is 0 Å². The zero-order chi connectivity index (χ0) is 14.7. The standard InChI is InChI=1S/C17H19N3O/c1-13(12-18)11-15-6-5-14-3-2-4-16(17(14)19-15)20-7-9-21-10-8-20/h2-6,13H,7-11H2,1H3. The second-order valence-electron chi connectivity index (χ2n) is 5.49. The molecule has 1 atom stereocenters. The third-order valence-corrected chi connectivity index (χ3v) is 3.84. The lowest BCUT2D eigenvalue weighted by Crippen LogP contribution is -2.36. The maximum atomic E-state index is 8.97. The molecule has 0 aliphatic carbocycles. The molecule has 21 heavy (non-hydrogen) atoms. The van der Waals surface area contributed by atoms with Gasteiger partial charge in [0.05, 0.1) is 30.5 Å². The highest BCUT2D eigenvalue weighted by Gasteiger charge is 2.15. The van der Waals surface area contributed by atoms with E-state index in [9.17, 15) is 0 Å². The van der Waals surface area contributed by atoms with Crippen LogP contribution in [0.4, 0.5) is 5.69 Å². The summed E-state index contributed by atoms with van der Waals surface area (Å²) >= 11 is 0. The van der Waals surface area contributed by atoms with E-state index in [4.69, 9.17) is 15.0 Å². The Labute approximate surface area is 125 Å². The van der Waals surface area contributed by atoms with Crippen LogP contribution in [0.1, 0.15) is 12.6 Å². The fourth-order valence-corrected chi connectivity index (χ4v) is 2.70. The van der Waals surface area contributed by atoms with Gasteiger partial charge in [-0.2, -0.15) is 5.26 Å². The zero-order valence-electron chi connectivity index (χ0n) is 12.2. The van der Waals surface area contributed by atoms with E-state index in [1.54, 1.807) is 0 Å². The molecule has 1 fully saturated rings. The Bertz CT molecular complexity index is 671. The van der Waals surface area contributed by atoms with E-state index in [-0.39, 0.29) is 5.92 Å². The van der Waals surface area contributed by atoms with Crippen molar-refractivity contribution in [2.24, 2.45) is 5.92 Å². The molecular formula is C17H19N3O. The van der Waals surface area contributed by atoms with E-state index in [1.165, 1.54) is 5.69 Å². The number of nitrogens with zero attached hydrogens (tertiary/aromatic N) is 3. The molecule has 2 aromatic rings. The highest BCUT2D eigenvalue weighted by molar-refractivity contribution is 5.91. The molecule has 1 aromatic carbocycles. The number of anilines is 1. The van der Waals surface area contributed by atoms with Crippen molar-refractivity contribution >= 4 is 16.6 Å². The van der Waals surface area contributed by atoms with Gasteiger partial charge in [0.2, 0.25) is 0 Å². The molecule has 1 aromatic heterocycles. The van der Waals surface area contributed by atoms with Gasteiger partial charge >= 0.3 is 0 Å². The van der Waals surface area contributed by atoms with E-state index in [0.29, 0.717) is 6.42 Å². The predicted octanol–water partition coefficient (Wildman–Crippen LogP) is 2.77. The molecule has 3 rings (SSSR count). The maximum absolute atomic E-state index is 8.97. The lowest BCUT2D eigenvalue weighted by Gasteiger charge is -2.29. The number of fused-ring (bicyclic) bond motifs is 1. The number of para-hydroxylation sites is 1. The Morgan fingerprint density at radius 3 is 2.86 bits per heavy atom. The largest absolute Gasteiger partial charge is 0.378 e. The van der Waals surface area contributed by atoms with Crippen LogP contribution in [-0.4, -0.2) is 31.3 Å². The van der Waals surface area contributed by atoms with E-state index in [0.717, 1.165) is 42.9 Å². The number of hydrogen-bond donors (Lipinski definition) is 0. The van der Waals surface area contributed by atoms with E-state index in [1.807, 2.05) is 13.0 Å². The van der Waals surface area contributed by atoms with Crippen LogP contribution in [-0.2, 0) is 11.2 Å². The van der Waals surface area contributed by atoms with Gasteiger partial charge in [-0.15, -0.1) is 0 Å². The van der Waals surface area contributed by atoms with Crippen molar-refractivity contribution in [3.05, 3.63) is 36.0 Å². The summed E-state index contributed by atoms with van der Waals surface area (Å²) in [6, 6.07) is 12.7. The van der Waals surface area contributed by atoms with Gasteiger partial charge in [0.15, 0.2) is 0 Å². The van der Waals surface area contributed by atoms with Crippen molar-refractivity contribution in [2.45, 2.75) is 13.3 Å². The lowest BCUT2D eigenvalue weighted by molar-refractivity contribution is 0.123. The summed E-state index contributed by atoms with van der Waals surface area (Å²) in [5, 5.41) is 10.1. The first kappa shape index (κ1) is 13.8. The molecule has 0 saturated carbocycles. The second kappa shape index (κ2) is 6.11. The summed E-state index contributed by atoms with van der Waals surface area (Å²) < 4.78 is 5.43. The average molecular weight is 281 g/mol. The molecule has 0 N–H and O–H groups in total. The minimum atomic E-state index is -0.00880. The number of pyridine rings is 1. The number of nitriles is 1. The molecule has 4 nitrogen and oxygen atoms in total. The summed E-state index contributed by atoms with van der Waals surface area (Å²) in [7, 11) is 0. The topological polar surface area (TPSA) is 49.2 Å². The summed E-state index contributed by atoms with van der Waals surface area (Å²) in [5.74, 6) is -0.00880. The van der Waals surface area contributed by atoms with Crippen molar-refractivity contribution in [1.82, 2.24) is 4.98 Å². The van der Waals surface area contributed by atoms with Crippen molar-refractivity contribution < 1.29 is 4.74 Å². The number of benzene rings is 1. The van der Waals surface area contributed by atoms with Gasteiger partial charge in [0, 0.05) is 36.5 Å². The van der Waals surface area contributed by atoms with Crippen LogP contribution in [0.5, 0.6) is 0 Å². The quantitative estimate of drug-likeness (QED) is 0.868. The van der Waals surface area contributed by atoms with Gasteiger partial charge in [0.25, 0.3) is 0 Å². The molecule has 2 heterocycles. The third-order valence-electron chi connectivity index (χ3n) is 3.84. The maximum Gasteiger partial charge on any atom is 0.0938 e. The Morgan fingerprint density at radius 2 is 2.10 bits per heavy atom. The predicted molar refractivity (Wildman–Crippen MR) is 83.3 cm³/mol. The first-order valence-corrected chi connectivity index (χ1v) is 7.39. The van der Waals surface area contributed by atoms with Gasteiger partial charge in [-0.1, -0.05) is 18.2 Å². The normalized spacial score (nSPS) is 16.7. The number of ether oxygens (including phenoxy) is 1. The average Bonchev–Trinajstić information content (AvgIpc) is 2.55. The second-order valence-corrected chi connectivity index (χ2v) is 5.49. The van der Waals surface area contributed by atoms with Crippen molar-refractivity contribution in [3.63, 3.8) is 0 Å². The lowest BCUT2D eigenvalue weighted by atomic mass is 10.1. The monoisotopic (exact) mass is 281 g/mol. The van der Waals surface area contributed by atoms with Gasteiger partial charge in [-0.3, -0.25) is 4.98 Å². The van der Waals surface area contributed by atoms with E-state index < -0.39 is 0 Å². The highest BCUT2D eigenvalue weighted by atomic mass is 16.5. The molecule has 108 valence electrons. The first-order valence-electron chi connectivity index (χ1n) is 7.39. The minimum absolute atomic E-state index is 0.00880. The van der Waals surface area contributed by atoms with Crippen LogP contribution in [0.2, 0.25) is 0 Å². The molecular weight excluding hydrogens is 262 g/mol. The first-order chi connectivity index (χ1) is 10.3. The third kappa shape index (κ3) is 2.98. The van der Waals surface area contributed by atoms with Gasteiger partial charge in [0.1, 0.15) is 0 Å². The Morgan fingerprint density at radius 1 is 1.29 bits per heavy atom. The highest BCUT2D eigenvalue weighted by Crippen LogP contribution is 2.26. The van der Waals surface area contributed by atoms with Crippen LogP contribution in [0.15, 0.2) is 30.3 Å². The Hall–Kier alpha value is -2.12. The van der Waals surface area contributed by atoms with Gasteiger partial charge < -0.3 is 9.64 Å². The zero-order valence-corrected chi connectivity index (χ0v) is 12.2. The van der Waals surface area contributed by atoms with Crippen LogP contribution in [0, 0.1) is 17.2 Å². The molecule has 1 aliphatic rings. The summed E-state index contributed by atoms with van der Waals surface area (Å²) in [6.45, 7) is 5.27. The SMILES string of the molecule is CC(C#N)Cc1ccc2cccc(N3CCOCC3)c2n1. The number of aromatic nitrogens is 1. The molecule has 1 aliphatic heterocycles.